The first-order valence-corrected chi connectivity index (χ1v) is 7.58. The van der Waals surface area contributed by atoms with Gasteiger partial charge in [0.2, 0.25) is 0 Å². The maximum atomic E-state index is 12.7. The average molecular weight is 292 g/mol. The second-order valence-corrected chi connectivity index (χ2v) is 5.80. The van der Waals surface area contributed by atoms with Crippen molar-refractivity contribution in [2.45, 2.75) is 40.0 Å². The summed E-state index contributed by atoms with van der Waals surface area (Å²) in [4.78, 5) is 29.6. The number of hydrogen-bond acceptors (Lipinski definition) is 3. The van der Waals surface area contributed by atoms with Crippen LogP contribution in [0.5, 0.6) is 0 Å². The standard InChI is InChI=1S/C16H24N2O3/c1-5-12-13(16(20)21-4)11(3)14(17-12)15(19)18-8-6-10(2)7-9-18/h10,17H,5-9H2,1-4H3. The number of ether oxygens (including phenoxy) is 1. The number of aromatic amines is 1. The Bertz CT molecular complexity index is 540. The minimum atomic E-state index is -0.382. The third kappa shape index (κ3) is 2.96. The van der Waals surface area contributed by atoms with Crippen molar-refractivity contribution in [1.82, 2.24) is 9.88 Å². The number of aryl methyl sites for hydroxylation is 1. The first kappa shape index (κ1) is 15.6. The van der Waals surface area contributed by atoms with Gasteiger partial charge in [-0.3, -0.25) is 4.79 Å². The van der Waals surface area contributed by atoms with Gasteiger partial charge in [0.05, 0.1) is 12.7 Å². The zero-order chi connectivity index (χ0) is 15.6. The van der Waals surface area contributed by atoms with Crippen LogP contribution >= 0.6 is 0 Å². The Kier molecular flexibility index (Phi) is 4.70. The molecule has 1 aliphatic rings. The normalized spacial score (nSPS) is 16.1. The summed E-state index contributed by atoms with van der Waals surface area (Å²) in [5.74, 6) is 0.284. The lowest BCUT2D eigenvalue weighted by Crippen LogP contribution is -2.38. The molecule has 1 N–H and O–H groups in total. The Morgan fingerprint density at radius 1 is 1.33 bits per heavy atom. The van der Waals surface area contributed by atoms with Gasteiger partial charge < -0.3 is 14.6 Å². The quantitative estimate of drug-likeness (QED) is 0.871. The Hall–Kier alpha value is -1.78. The summed E-state index contributed by atoms with van der Waals surface area (Å²) in [5, 5.41) is 0. The molecule has 1 fully saturated rings. The number of esters is 1. The molecule has 0 bridgehead atoms. The molecule has 5 heteroatoms. The molecule has 1 aromatic rings. The van der Waals surface area contributed by atoms with Crippen molar-refractivity contribution in [3.05, 3.63) is 22.5 Å². The molecule has 0 spiro atoms. The maximum absolute atomic E-state index is 12.7. The fourth-order valence-electron chi connectivity index (χ4n) is 2.89. The van der Waals surface area contributed by atoms with E-state index in [0.717, 1.165) is 31.6 Å². The number of aromatic nitrogens is 1. The molecule has 1 amide bonds. The molecule has 116 valence electrons. The predicted molar refractivity (Wildman–Crippen MR) is 80.5 cm³/mol. The van der Waals surface area contributed by atoms with Gasteiger partial charge in [0, 0.05) is 18.8 Å². The topological polar surface area (TPSA) is 62.4 Å². The summed E-state index contributed by atoms with van der Waals surface area (Å²) in [7, 11) is 1.36. The maximum Gasteiger partial charge on any atom is 0.339 e. The molecule has 1 aliphatic heterocycles. The van der Waals surface area contributed by atoms with E-state index in [1.807, 2.05) is 18.7 Å². The van der Waals surface area contributed by atoms with Gasteiger partial charge in [0.25, 0.3) is 5.91 Å². The van der Waals surface area contributed by atoms with Crippen LogP contribution in [0.3, 0.4) is 0 Å². The summed E-state index contributed by atoms with van der Waals surface area (Å²) in [6, 6.07) is 0. The third-order valence-corrected chi connectivity index (χ3v) is 4.36. The molecular formula is C16H24N2O3. The molecule has 0 atom stereocenters. The fraction of sp³-hybridized carbons (Fsp3) is 0.625. The third-order valence-electron chi connectivity index (χ3n) is 4.36. The van der Waals surface area contributed by atoms with Crippen LogP contribution in [-0.4, -0.2) is 42.0 Å². The zero-order valence-electron chi connectivity index (χ0n) is 13.3. The molecule has 1 saturated heterocycles. The number of carbonyl (C=O) groups excluding carboxylic acids is 2. The Labute approximate surface area is 125 Å². The van der Waals surface area contributed by atoms with Crippen LogP contribution in [-0.2, 0) is 11.2 Å². The highest BCUT2D eigenvalue weighted by Gasteiger charge is 2.28. The van der Waals surface area contributed by atoms with Crippen LogP contribution in [0.15, 0.2) is 0 Å². The van der Waals surface area contributed by atoms with E-state index in [0.29, 0.717) is 29.2 Å². The van der Waals surface area contributed by atoms with E-state index in [2.05, 4.69) is 11.9 Å². The molecule has 0 unspecified atom stereocenters. The predicted octanol–water partition coefficient (Wildman–Crippen LogP) is 2.54. The van der Waals surface area contributed by atoms with Crippen LogP contribution in [0.1, 0.15) is 58.8 Å². The number of methoxy groups -OCH3 is 1. The average Bonchev–Trinajstić information content (AvgIpc) is 2.83. The Morgan fingerprint density at radius 2 is 1.95 bits per heavy atom. The highest BCUT2D eigenvalue weighted by atomic mass is 16.5. The van der Waals surface area contributed by atoms with Gasteiger partial charge in [-0.15, -0.1) is 0 Å². The molecule has 0 aromatic carbocycles. The van der Waals surface area contributed by atoms with Gasteiger partial charge in [-0.05, 0) is 37.7 Å². The highest BCUT2D eigenvalue weighted by Crippen LogP contribution is 2.24. The smallest absolute Gasteiger partial charge is 0.339 e. The number of H-pyrrole nitrogens is 1. The molecule has 0 aliphatic carbocycles. The van der Waals surface area contributed by atoms with Gasteiger partial charge in [-0.2, -0.15) is 0 Å². The molecule has 0 radical (unpaired) electrons. The number of rotatable bonds is 3. The van der Waals surface area contributed by atoms with E-state index >= 15 is 0 Å². The van der Waals surface area contributed by atoms with Crippen molar-refractivity contribution in [2.24, 2.45) is 5.92 Å². The number of nitrogens with one attached hydrogen (secondary N) is 1. The highest BCUT2D eigenvalue weighted by molar-refractivity contribution is 6.00. The Morgan fingerprint density at radius 3 is 2.48 bits per heavy atom. The van der Waals surface area contributed by atoms with Crippen LogP contribution < -0.4 is 0 Å². The minimum Gasteiger partial charge on any atom is -0.465 e. The number of likely N-dealkylation sites (tertiary alicyclic amines) is 1. The van der Waals surface area contributed by atoms with Gasteiger partial charge in [-0.1, -0.05) is 13.8 Å². The molecule has 2 rings (SSSR count). The second kappa shape index (κ2) is 6.33. The van der Waals surface area contributed by atoms with Crippen molar-refractivity contribution in [2.75, 3.05) is 20.2 Å². The lowest BCUT2D eigenvalue weighted by molar-refractivity contribution is 0.0599. The summed E-state index contributed by atoms with van der Waals surface area (Å²) in [6.45, 7) is 7.55. The van der Waals surface area contributed by atoms with Crippen molar-refractivity contribution >= 4 is 11.9 Å². The van der Waals surface area contributed by atoms with Crippen molar-refractivity contribution < 1.29 is 14.3 Å². The molecule has 0 saturated carbocycles. The molecule has 5 nitrogen and oxygen atoms in total. The van der Waals surface area contributed by atoms with E-state index in [1.54, 1.807) is 0 Å². The summed E-state index contributed by atoms with van der Waals surface area (Å²) in [5.41, 5.74) is 2.51. The molecular weight excluding hydrogens is 268 g/mol. The lowest BCUT2D eigenvalue weighted by Gasteiger charge is -2.30. The van der Waals surface area contributed by atoms with E-state index in [-0.39, 0.29) is 11.9 Å². The Balaban J connectivity index is 2.29. The monoisotopic (exact) mass is 292 g/mol. The first-order chi connectivity index (χ1) is 9.99. The number of carbonyl (C=O) groups is 2. The van der Waals surface area contributed by atoms with Crippen LogP contribution in [0.25, 0.3) is 0 Å². The minimum absolute atomic E-state index is 0.00995. The van der Waals surface area contributed by atoms with Crippen molar-refractivity contribution in [3.63, 3.8) is 0 Å². The second-order valence-electron chi connectivity index (χ2n) is 5.80. The van der Waals surface area contributed by atoms with Crippen molar-refractivity contribution in [1.29, 1.82) is 0 Å². The summed E-state index contributed by atoms with van der Waals surface area (Å²) < 4.78 is 4.83. The first-order valence-electron chi connectivity index (χ1n) is 7.58. The lowest BCUT2D eigenvalue weighted by atomic mass is 9.99. The number of piperidine rings is 1. The van der Waals surface area contributed by atoms with E-state index in [1.165, 1.54) is 7.11 Å². The van der Waals surface area contributed by atoms with Crippen LogP contribution in [0.4, 0.5) is 0 Å². The van der Waals surface area contributed by atoms with Crippen LogP contribution in [0.2, 0.25) is 0 Å². The van der Waals surface area contributed by atoms with E-state index < -0.39 is 0 Å². The largest absolute Gasteiger partial charge is 0.465 e. The van der Waals surface area contributed by atoms with Gasteiger partial charge in [-0.25, -0.2) is 4.79 Å². The van der Waals surface area contributed by atoms with E-state index in [4.69, 9.17) is 4.74 Å². The molecule has 2 heterocycles. The van der Waals surface area contributed by atoms with Gasteiger partial charge >= 0.3 is 5.97 Å². The number of hydrogen-bond donors (Lipinski definition) is 1. The summed E-state index contributed by atoms with van der Waals surface area (Å²) in [6.07, 6.45) is 2.74. The van der Waals surface area contributed by atoms with Gasteiger partial charge in [0.15, 0.2) is 0 Å². The zero-order valence-corrected chi connectivity index (χ0v) is 13.3. The summed E-state index contributed by atoms with van der Waals surface area (Å²) >= 11 is 0. The molecule has 1 aromatic heterocycles. The van der Waals surface area contributed by atoms with Crippen LogP contribution in [0, 0.1) is 12.8 Å². The number of amides is 1. The number of nitrogens with zero attached hydrogens (tertiary/aromatic N) is 1. The van der Waals surface area contributed by atoms with Crippen molar-refractivity contribution in [3.8, 4) is 0 Å². The van der Waals surface area contributed by atoms with Gasteiger partial charge in [0.1, 0.15) is 5.69 Å². The fourth-order valence-corrected chi connectivity index (χ4v) is 2.89. The SMILES string of the molecule is CCc1[nH]c(C(=O)N2CCC(C)CC2)c(C)c1C(=O)OC. The molecule has 21 heavy (non-hydrogen) atoms. The van der Waals surface area contributed by atoms with E-state index in [9.17, 15) is 9.59 Å².